The third-order valence-corrected chi connectivity index (χ3v) is 3.96. The third kappa shape index (κ3) is 3.21. The van der Waals surface area contributed by atoms with Crippen LogP contribution in [0, 0.1) is 26.6 Å². The number of halogens is 2. The summed E-state index contributed by atoms with van der Waals surface area (Å²) in [6, 6.07) is 9.32. The van der Waals surface area contributed by atoms with Gasteiger partial charge in [0.25, 0.3) is 0 Å². The van der Waals surface area contributed by atoms with E-state index in [0.29, 0.717) is 5.69 Å². The Balaban J connectivity index is 2.33. The quantitative estimate of drug-likeness (QED) is 0.760. The van der Waals surface area contributed by atoms with Crippen molar-refractivity contribution in [3.63, 3.8) is 0 Å². The first-order chi connectivity index (χ1) is 9.38. The van der Waals surface area contributed by atoms with Gasteiger partial charge in [-0.25, -0.2) is 4.39 Å². The van der Waals surface area contributed by atoms with Crippen LogP contribution in [0.5, 0.6) is 0 Å². The van der Waals surface area contributed by atoms with Gasteiger partial charge in [0, 0.05) is 10.5 Å². The van der Waals surface area contributed by atoms with Crippen LogP contribution in [0.15, 0.2) is 34.8 Å². The first-order valence-electron chi connectivity index (χ1n) is 6.68. The minimum absolute atomic E-state index is 0.0550. The van der Waals surface area contributed by atoms with Crippen LogP contribution in [0.25, 0.3) is 0 Å². The van der Waals surface area contributed by atoms with Crippen LogP contribution >= 0.6 is 15.9 Å². The van der Waals surface area contributed by atoms with Crippen molar-refractivity contribution in [1.29, 1.82) is 0 Å². The van der Waals surface area contributed by atoms with Gasteiger partial charge in [-0.2, -0.15) is 0 Å². The monoisotopic (exact) mass is 335 g/mol. The smallest absolute Gasteiger partial charge is 0.146 e. The fourth-order valence-electron chi connectivity index (χ4n) is 2.79. The van der Waals surface area contributed by atoms with Crippen LogP contribution in [0.3, 0.4) is 0 Å². The number of nitrogens with one attached hydrogen (secondary N) is 1. The van der Waals surface area contributed by atoms with Crippen LogP contribution in [0.2, 0.25) is 0 Å². The normalized spacial score (nSPS) is 12.3. The van der Waals surface area contributed by atoms with Crippen molar-refractivity contribution in [3.8, 4) is 0 Å². The summed E-state index contributed by atoms with van der Waals surface area (Å²) in [5.41, 5.74) is 5.47. The van der Waals surface area contributed by atoms with Crippen molar-refractivity contribution in [3.05, 3.63) is 62.9 Å². The number of aryl methyl sites for hydroxylation is 3. The molecule has 1 nitrogen and oxygen atoms in total. The average molecular weight is 336 g/mol. The highest BCUT2D eigenvalue weighted by atomic mass is 79.9. The maximum atomic E-state index is 13.8. The van der Waals surface area contributed by atoms with E-state index in [1.54, 1.807) is 12.1 Å². The molecule has 0 aliphatic heterocycles. The van der Waals surface area contributed by atoms with E-state index in [4.69, 9.17) is 0 Å². The molecule has 2 rings (SSSR count). The van der Waals surface area contributed by atoms with Gasteiger partial charge in [0.05, 0.1) is 5.69 Å². The number of anilines is 1. The van der Waals surface area contributed by atoms with E-state index in [2.05, 4.69) is 61.1 Å². The molecule has 0 fully saturated rings. The molecule has 1 unspecified atom stereocenters. The Hall–Kier alpha value is -1.35. The molecule has 0 radical (unpaired) electrons. The molecule has 0 aliphatic carbocycles. The third-order valence-electron chi connectivity index (χ3n) is 3.47. The summed E-state index contributed by atoms with van der Waals surface area (Å²) in [4.78, 5) is 0. The molecule has 0 saturated carbocycles. The highest BCUT2D eigenvalue weighted by Crippen LogP contribution is 2.28. The summed E-state index contributed by atoms with van der Waals surface area (Å²) in [6.07, 6.45) is 0. The molecule has 2 aromatic rings. The van der Waals surface area contributed by atoms with Crippen molar-refractivity contribution in [2.75, 3.05) is 5.32 Å². The fraction of sp³-hybridized carbons (Fsp3) is 0.294. The van der Waals surface area contributed by atoms with Crippen LogP contribution in [-0.4, -0.2) is 0 Å². The Morgan fingerprint density at radius 3 is 2.25 bits per heavy atom. The van der Waals surface area contributed by atoms with Crippen LogP contribution in [0.1, 0.15) is 35.2 Å². The maximum absolute atomic E-state index is 13.8. The van der Waals surface area contributed by atoms with Gasteiger partial charge in [0.15, 0.2) is 0 Å². The lowest BCUT2D eigenvalue weighted by atomic mass is 9.95. The van der Waals surface area contributed by atoms with Crippen LogP contribution in [0.4, 0.5) is 10.1 Å². The molecule has 3 heteroatoms. The summed E-state index contributed by atoms with van der Waals surface area (Å²) in [5, 5.41) is 3.26. The highest BCUT2D eigenvalue weighted by Gasteiger charge is 2.13. The number of rotatable bonds is 3. The van der Waals surface area contributed by atoms with Crippen molar-refractivity contribution in [2.45, 2.75) is 33.7 Å². The molecule has 0 spiro atoms. The standard InChI is InChI=1S/C17H19BrFN/c1-10-7-11(2)17(12(3)8-10)13(4)20-16-9-14(18)5-6-15(16)19/h5-9,13,20H,1-4H3. The molecule has 20 heavy (non-hydrogen) atoms. The highest BCUT2D eigenvalue weighted by molar-refractivity contribution is 9.10. The molecule has 1 atom stereocenters. The Bertz CT molecular complexity index is 614. The number of hydrogen-bond acceptors (Lipinski definition) is 1. The molecule has 106 valence electrons. The lowest BCUT2D eigenvalue weighted by Gasteiger charge is -2.21. The lowest BCUT2D eigenvalue weighted by Crippen LogP contribution is -2.11. The van der Waals surface area contributed by atoms with E-state index in [0.717, 1.165) is 4.47 Å². The minimum Gasteiger partial charge on any atom is -0.376 e. The van der Waals surface area contributed by atoms with Crippen molar-refractivity contribution < 1.29 is 4.39 Å². The molecular weight excluding hydrogens is 317 g/mol. The van der Waals surface area contributed by atoms with Crippen LogP contribution < -0.4 is 5.32 Å². The zero-order valence-corrected chi connectivity index (χ0v) is 13.8. The molecule has 0 heterocycles. The number of benzene rings is 2. The van der Waals surface area contributed by atoms with E-state index < -0.39 is 0 Å². The largest absolute Gasteiger partial charge is 0.376 e. The SMILES string of the molecule is Cc1cc(C)c(C(C)Nc2cc(Br)ccc2F)c(C)c1. The van der Waals surface area contributed by atoms with Gasteiger partial charge in [0.2, 0.25) is 0 Å². The molecular formula is C17H19BrFN. The van der Waals surface area contributed by atoms with E-state index in [1.165, 1.54) is 28.3 Å². The Morgan fingerprint density at radius 2 is 1.65 bits per heavy atom. The van der Waals surface area contributed by atoms with Crippen molar-refractivity contribution >= 4 is 21.6 Å². The Labute approximate surface area is 128 Å². The molecule has 2 aromatic carbocycles. The van der Waals surface area contributed by atoms with E-state index in [1.807, 2.05) is 0 Å². The molecule has 1 N–H and O–H groups in total. The summed E-state index contributed by atoms with van der Waals surface area (Å²) < 4.78 is 14.7. The second-order valence-corrected chi connectivity index (χ2v) is 6.22. The average Bonchev–Trinajstić information content (AvgIpc) is 2.32. The maximum Gasteiger partial charge on any atom is 0.146 e. The van der Waals surface area contributed by atoms with E-state index in [-0.39, 0.29) is 11.9 Å². The van der Waals surface area contributed by atoms with Gasteiger partial charge in [-0.05, 0) is 62.6 Å². The number of hydrogen-bond donors (Lipinski definition) is 1. The van der Waals surface area contributed by atoms with Gasteiger partial charge >= 0.3 is 0 Å². The zero-order valence-electron chi connectivity index (χ0n) is 12.2. The van der Waals surface area contributed by atoms with Gasteiger partial charge in [-0.15, -0.1) is 0 Å². The Morgan fingerprint density at radius 1 is 1.05 bits per heavy atom. The summed E-state index contributed by atoms with van der Waals surface area (Å²) in [5.74, 6) is -0.234. The first-order valence-corrected chi connectivity index (χ1v) is 7.47. The zero-order chi connectivity index (χ0) is 14.9. The summed E-state index contributed by atoms with van der Waals surface area (Å²) in [6.45, 7) is 8.36. The molecule has 0 aromatic heterocycles. The second-order valence-electron chi connectivity index (χ2n) is 5.30. The van der Waals surface area contributed by atoms with Gasteiger partial charge in [-0.3, -0.25) is 0 Å². The molecule has 0 bridgehead atoms. The van der Waals surface area contributed by atoms with E-state index >= 15 is 0 Å². The van der Waals surface area contributed by atoms with Crippen LogP contribution in [-0.2, 0) is 0 Å². The summed E-state index contributed by atoms with van der Waals surface area (Å²) >= 11 is 3.37. The lowest BCUT2D eigenvalue weighted by molar-refractivity contribution is 0.627. The predicted molar refractivity (Wildman–Crippen MR) is 86.8 cm³/mol. The second kappa shape index (κ2) is 5.96. The fourth-order valence-corrected chi connectivity index (χ4v) is 3.15. The molecule has 0 amide bonds. The minimum atomic E-state index is -0.234. The molecule has 0 aliphatic rings. The van der Waals surface area contributed by atoms with Gasteiger partial charge < -0.3 is 5.32 Å². The summed E-state index contributed by atoms with van der Waals surface area (Å²) in [7, 11) is 0. The topological polar surface area (TPSA) is 12.0 Å². The van der Waals surface area contributed by atoms with Crippen molar-refractivity contribution in [1.82, 2.24) is 0 Å². The molecule has 0 saturated heterocycles. The predicted octanol–water partition coefficient (Wildman–Crippen LogP) is 5.69. The first kappa shape index (κ1) is 15.0. The van der Waals surface area contributed by atoms with E-state index in [9.17, 15) is 4.39 Å². The Kier molecular flexibility index (Phi) is 4.48. The van der Waals surface area contributed by atoms with Gasteiger partial charge in [0.1, 0.15) is 5.82 Å². The van der Waals surface area contributed by atoms with Gasteiger partial charge in [-0.1, -0.05) is 33.6 Å². The van der Waals surface area contributed by atoms with Crippen molar-refractivity contribution in [2.24, 2.45) is 0 Å².